The second-order valence-corrected chi connectivity index (χ2v) is 7.83. The van der Waals surface area contributed by atoms with Crippen molar-refractivity contribution in [2.75, 3.05) is 51.2 Å². The molecule has 1 aliphatic rings. The minimum absolute atomic E-state index is 0.0618. The maximum absolute atomic E-state index is 12.8. The van der Waals surface area contributed by atoms with Crippen molar-refractivity contribution in [1.82, 2.24) is 24.9 Å². The quantitative estimate of drug-likeness (QED) is 0.514. The highest BCUT2D eigenvalue weighted by Gasteiger charge is 2.28. The lowest BCUT2D eigenvalue weighted by Crippen LogP contribution is -2.57. The summed E-state index contributed by atoms with van der Waals surface area (Å²) < 4.78 is 1.72. The van der Waals surface area contributed by atoms with Gasteiger partial charge in [0.1, 0.15) is 6.54 Å². The van der Waals surface area contributed by atoms with Crippen molar-refractivity contribution in [3.8, 4) is 0 Å². The lowest BCUT2D eigenvalue weighted by atomic mass is 10.0. The van der Waals surface area contributed by atoms with Crippen LogP contribution in [0.5, 0.6) is 0 Å². The Morgan fingerprint density at radius 3 is 2.55 bits per heavy atom. The first-order valence-electron chi connectivity index (χ1n) is 11.1. The highest BCUT2D eigenvalue weighted by molar-refractivity contribution is 5.98. The number of aryl methyl sites for hydroxylation is 1. The Morgan fingerprint density at radius 1 is 1.23 bits per heavy atom. The van der Waals surface area contributed by atoms with Gasteiger partial charge in [0.2, 0.25) is 5.91 Å². The van der Waals surface area contributed by atoms with Gasteiger partial charge in [0.15, 0.2) is 5.96 Å². The SMILES string of the molecule is CCN(CC)C(CNC(=NC)N1CCN(c2cnn(C)c2)C(=O)C1)Cc1ccccc1. The Bertz CT molecular complexity index is 860. The van der Waals surface area contributed by atoms with Gasteiger partial charge in [-0.3, -0.25) is 19.4 Å². The number of rotatable bonds is 8. The summed E-state index contributed by atoms with van der Waals surface area (Å²) in [5.74, 6) is 0.844. The number of carbonyl (C=O) groups is 1. The zero-order valence-electron chi connectivity index (χ0n) is 19.2. The van der Waals surface area contributed by atoms with Crippen LogP contribution in [0.3, 0.4) is 0 Å². The van der Waals surface area contributed by atoms with Crippen molar-refractivity contribution in [3.05, 3.63) is 48.3 Å². The van der Waals surface area contributed by atoms with Gasteiger partial charge in [0.05, 0.1) is 11.9 Å². The molecule has 0 saturated carbocycles. The fourth-order valence-corrected chi connectivity index (χ4v) is 4.17. The van der Waals surface area contributed by atoms with Crippen molar-refractivity contribution in [2.45, 2.75) is 26.3 Å². The zero-order chi connectivity index (χ0) is 22.2. The number of anilines is 1. The predicted molar refractivity (Wildman–Crippen MR) is 125 cm³/mol. The molecule has 1 N–H and O–H groups in total. The van der Waals surface area contributed by atoms with Crippen LogP contribution in [0.4, 0.5) is 5.69 Å². The molecule has 1 atom stereocenters. The monoisotopic (exact) mass is 425 g/mol. The van der Waals surface area contributed by atoms with Crippen LogP contribution in [0.15, 0.2) is 47.7 Å². The summed E-state index contributed by atoms with van der Waals surface area (Å²) in [6, 6.07) is 10.9. The minimum Gasteiger partial charge on any atom is -0.355 e. The smallest absolute Gasteiger partial charge is 0.246 e. The molecule has 0 radical (unpaired) electrons. The van der Waals surface area contributed by atoms with E-state index >= 15 is 0 Å². The molecule has 1 saturated heterocycles. The molecule has 8 heteroatoms. The molecule has 168 valence electrons. The summed E-state index contributed by atoms with van der Waals surface area (Å²) in [5, 5.41) is 7.72. The van der Waals surface area contributed by atoms with Crippen LogP contribution in [-0.2, 0) is 18.3 Å². The molecular weight excluding hydrogens is 390 g/mol. The van der Waals surface area contributed by atoms with E-state index in [-0.39, 0.29) is 5.91 Å². The van der Waals surface area contributed by atoms with Crippen LogP contribution in [-0.4, -0.2) is 83.8 Å². The molecule has 0 spiro atoms. The molecule has 8 nitrogen and oxygen atoms in total. The Kier molecular flexibility index (Phi) is 8.06. The van der Waals surface area contributed by atoms with E-state index < -0.39 is 0 Å². The maximum atomic E-state index is 12.8. The number of amides is 1. The highest BCUT2D eigenvalue weighted by Crippen LogP contribution is 2.16. The molecule has 31 heavy (non-hydrogen) atoms. The van der Waals surface area contributed by atoms with Gasteiger partial charge in [0, 0.05) is 46.0 Å². The van der Waals surface area contributed by atoms with E-state index in [0.29, 0.717) is 19.1 Å². The van der Waals surface area contributed by atoms with Crippen LogP contribution in [0, 0.1) is 0 Å². The van der Waals surface area contributed by atoms with Gasteiger partial charge in [-0.2, -0.15) is 5.10 Å². The standard InChI is InChI=1S/C23H35N7O/c1-5-28(6-2)20(14-19-10-8-7-9-11-19)15-25-23(24-3)29-12-13-30(22(31)18-29)21-16-26-27(4)17-21/h7-11,16-17,20H,5-6,12-15,18H2,1-4H3,(H,24,25). The van der Waals surface area contributed by atoms with Crippen molar-refractivity contribution in [1.29, 1.82) is 0 Å². The van der Waals surface area contributed by atoms with E-state index in [0.717, 1.165) is 44.2 Å². The highest BCUT2D eigenvalue weighted by atomic mass is 16.2. The van der Waals surface area contributed by atoms with Crippen LogP contribution in [0.25, 0.3) is 0 Å². The topological polar surface area (TPSA) is 69.0 Å². The summed E-state index contributed by atoms with van der Waals surface area (Å²) in [5.41, 5.74) is 2.18. The fraction of sp³-hybridized carbons (Fsp3) is 0.522. The maximum Gasteiger partial charge on any atom is 0.246 e. The third-order valence-corrected chi connectivity index (χ3v) is 5.87. The summed E-state index contributed by atoms with van der Waals surface area (Å²) in [7, 11) is 3.64. The second kappa shape index (κ2) is 10.9. The van der Waals surface area contributed by atoms with Crippen LogP contribution >= 0.6 is 0 Å². The largest absolute Gasteiger partial charge is 0.355 e. The van der Waals surface area contributed by atoms with Gasteiger partial charge in [-0.05, 0) is 25.1 Å². The summed E-state index contributed by atoms with van der Waals surface area (Å²) in [6.07, 6.45) is 4.58. The Hall–Kier alpha value is -2.87. The molecule has 1 fully saturated rings. The third kappa shape index (κ3) is 5.85. The summed E-state index contributed by atoms with van der Waals surface area (Å²) in [4.78, 5) is 23.5. The average molecular weight is 426 g/mol. The van der Waals surface area contributed by atoms with Crippen LogP contribution in [0.1, 0.15) is 19.4 Å². The van der Waals surface area contributed by atoms with Gasteiger partial charge in [0.25, 0.3) is 0 Å². The Labute approximate surface area is 185 Å². The van der Waals surface area contributed by atoms with Crippen molar-refractivity contribution in [3.63, 3.8) is 0 Å². The first-order chi connectivity index (χ1) is 15.0. The number of hydrogen-bond donors (Lipinski definition) is 1. The number of guanidine groups is 1. The summed E-state index contributed by atoms with van der Waals surface area (Å²) in [6.45, 7) is 8.83. The van der Waals surface area contributed by atoms with E-state index in [4.69, 9.17) is 0 Å². The molecule has 1 aromatic heterocycles. The number of nitrogens with zero attached hydrogens (tertiary/aromatic N) is 6. The molecule has 2 heterocycles. The lowest BCUT2D eigenvalue weighted by molar-refractivity contribution is -0.120. The molecular formula is C23H35N7O. The predicted octanol–water partition coefficient (Wildman–Crippen LogP) is 1.60. The first-order valence-corrected chi connectivity index (χ1v) is 11.1. The summed E-state index contributed by atoms with van der Waals surface area (Å²) >= 11 is 0. The number of benzene rings is 1. The van der Waals surface area contributed by atoms with Gasteiger partial charge >= 0.3 is 0 Å². The number of aliphatic imine (C=N–C) groups is 1. The van der Waals surface area contributed by atoms with Gasteiger partial charge in [-0.15, -0.1) is 0 Å². The molecule has 0 bridgehead atoms. The van der Waals surface area contributed by atoms with Crippen molar-refractivity contribution < 1.29 is 4.79 Å². The van der Waals surface area contributed by atoms with Crippen molar-refractivity contribution in [2.24, 2.45) is 12.0 Å². The number of hydrogen-bond acceptors (Lipinski definition) is 4. The second-order valence-electron chi connectivity index (χ2n) is 7.83. The van der Waals surface area contributed by atoms with Gasteiger partial charge < -0.3 is 15.1 Å². The molecule has 1 unspecified atom stereocenters. The Balaban J connectivity index is 1.62. The number of carbonyl (C=O) groups excluding carboxylic acids is 1. The number of nitrogens with one attached hydrogen (secondary N) is 1. The molecule has 1 aromatic carbocycles. The van der Waals surface area contributed by atoms with Gasteiger partial charge in [-0.1, -0.05) is 44.2 Å². The van der Waals surface area contributed by atoms with E-state index in [1.807, 2.05) is 18.1 Å². The van der Waals surface area contributed by atoms with Gasteiger partial charge in [-0.25, -0.2) is 0 Å². The molecule has 1 amide bonds. The normalized spacial score (nSPS) is 16.2. The van der Waals surface area contributed by atoms with Crippen LogP contribution < -0.4 is 10.2 Å². The first kappa shape index (κ1) is 22.8. The van der Waals surface area contributed by atoms with Crippen molar-refractivity contribution >= 4 is 17.6 Å². The number of piperazine rings is 1. The third-order valence-electron chi connectivity index (χ3n) is 5.87. The number of likely N-dealkylation sites (N-methyl/N-ethyl adjacent to an activating group) is 1. The van der Waals surface area contributed by atoms with E-state index in [1.54, 1.807) is 22.8 Å². The van der Waals surface area contributed by atoms with Crippen LogP contribution in [0.2, 0.25) is 0 Å². The zero-order valence-corrected chi connectivity index (χ0v) is 19.2. The number of aromatic nitrogens is 2. The average Bonchev–Trinajstić information content (AvgIpc) is 3.21. The molecule has 2 aromatic rings. The van der Waals surface area contributed by atoms with E-state index in [9.17, 15) is 4.79 Å². The lowest BCUT2D eigenvalue weighted by Gasteiger charge is -2.36. The fourth-order valence-electron chi connectivity index (χ4n) is 4.17. The molecule has 1 aliphatic heterocycles. The minimum atomic E-state index is 0.0618. The van der Waals surface area contributed by atoms with E-state index in [1.165, 1.54) is 5.56 Å². The Morgan fingerprint density at radius 2 is 1.97 bits per heavy atom. The van der Waals surface area contributed by atoms with E-state index in [2.05, 4.69) is 64.5 Å². The molecule has 3 rings (SSSR count). The molecule has 0 aliphatic carbocycles.